The summed E-state index contributed by atoms with van der Waals surface area (Å²) in [5.41, 5.74) is 1.61. The van der Waals surface area contributed by atoms with Crippen molar-refractivity contribution >= 4 is 11.6 Å². The first-order valence-corrected chi connectivity index (χ1v) is 4.43. The molecule has 0 bridgehead atoms. The second-order valence-corrected chi connectivity index (χ2v) is 3.27. The van der Waals surface area contributed by atoms with Crippen LogP contribution in [0, 0.1) is 11.3 Å². The Bertz CT molecular complexity index is 341. The fraction of sp³-hybridized carbons (Fsp3) is 0.300. The molecule has 0 aliphatic heterocycles. The van der Waals surface area contributed by atoms with Gasteiger partial charge in [-0.05, 0) is 31.7 Å². The smallest absolute Gasteiger partial charge is 0.101 e. The van der Waals surface area contributed by atoms with Crippen molar-refractivity contribution < 1.29 is 0 Å². The van der Waals surface area contributed by atoms with E-state index >= 15 is 0 Å². The van der Waals surface area contributed by atoms with Crippen LogP contribution in [-0.2, 0) is 0 Å². The Morgan fingerprint density at radius 3 is 2.69 bits per heavy atom. The summed E-state index contributed by atoms with van der Waals surface area (Å²) in [6.45, 7) is 2.04. The minimum atomic E-state index is 0.255. The zero-order valence-corrected chi connectivity index (χ0v) is 8.39. The quantitative estimate of drug-likeness (QED) is 0.785. The third-order valence-electron chi connectivity index (χ3n) is 2.05. The molecule has 3 heteroatoms. The minimum absolute atomic E-state index is 0.255. The highest BCUT2D eigenvalue weighted by molar-refractivity contribution is 6.31. The Labute approximate surface area is 83.1 Å². The van der Waals surface area contributed by atoms with Crippen molar-refractivity contribution in [3.63, 3.8) is 0 Å². The molecule has 1 rings (SSSR count). The summed E-state index contributed by atoms with van der Waals surface area (Å²) in [5, 5.41) is 12.3. The summed E-state index contributed by atoms with van der Waals surface area (Å²) in [5.74, 6) is 0. The van der Waals surface area contributed by atoms with Crippen LogP contribution in [0.25, 0.3) is 0 Å². The maximum Gasteiger partial charge on any atom is 0.101 e. The van der Waals surface area contributed by atoms with Gasteiger partial charge in [0.25, 0.3) is 0 Å². The fourth-order valence-corrected chi connectivity index (χ4v) is 1.29. The van der Waals surface area contributed by atoms with Crippen molar-refractivity contribution in [3.05, 3.63) is 34.3 Å². The van der Waals surface area contributed by atoms with Crippen LogP contribution < -0.4 is 5.32 Å². The van der Waals surface area contributed by atoms with Crippen LogP contribution in [0.2, 0.25) is 5.02 Å². The SMILES string of the molecule is CN[C@H](C)c1ccc(C#N)c(Cl)c1. The molecule has 0 aromatic heterocycles. The molecule has 0 aliphatic rings. The second kappa shape index (κ2) is 4.27. The van der Waals surface area contributed by atoms with Crippen molar-refractivity contribution in [2.75, 3.05) is 7.05 Å². The van der Waals surface area contributed by atoms with Gasteiger partial charge in [-0.15, -0.1) is 0 Å². The van der Waals surface area contributed by atoms with E-state index in [0.29, 0.717) is 10.6 Å². The van der Waals surface area contributed by atoms with Crippen molar-refractivity contribution in [3.8, 4) is 6.07 Å². The van der Waals surface area contributed by atoms with Crippen LogP contribution >= 0.6 is 11.6 Å². The highest BCUT2D eigenvalue weighted by atomic mass is 35.5. The number of nitriles is 1. The van der Waals surface area contributed by atoms with Gasteiger partial charge in [0.05, 0.1) is 10.6 Å². The lowest BCUT2D eigenvalue weighted by Crippen LogP contribution is -2.12. The van der Waals surface area contributed by atoms with E-state index in [1.807, 2.05) is 32.2 Å². The Kier molecular flexibility index (Phi) is 3.30. The predicted molar refractivity (Wildman–Crippen MR) is 53.6 cm³/mol. The molecule has 1 N–H and O–H groups in total. The maximum absolute atomic E-state index is 8.66. The van der Waals surface area contributed by atoms with Crippen LogP contribution in [0.3, 0.4) is 0 Å². The summed E-state index contributed by atoms with van der Waals surface area (Å²) in [4.78, 5) is 0. The summed E-state index contributed by atoms with van der Waals surface area (Å²) in [6.07, 6.45) is 0. The van der Waals surface area contributed by atoms with E-state index in [-0.39, 0.29) is 6.04 Å². The van der Waals surface area contributed by atoms with Crippen LogP contribution in [-0.4, -0.2) is 7.05 Å². The topological polar surface area (TPSA) is 35.8 Å². The Balaban J connectivity index is 3.04. The highest BCUT2D eigenvalue weighted by Gasteiger charge is 2.05. The lowest BCUT2D eigenvalue weighted by Gasteiger charge is -2.10. The molecule has 0 amide bonds. The predicted octanol–water partition coefficient (Wildman–Crippen LogP) is 2.49. The molecule has 68 valence electrons. The molecule has 1 aromatic rings. The van der Waals surface area contributed by atoms with E-state index in [0.717, 1.165) is 5.56 Å². The molecule has 13 heavy (non-hydrogen) atoms. The van der Waals surface area contributed by atoms with E-state index in [2.05, 4.69) is 5.32 Å². The van der Waals surface area contributed by atoms with Gasteiger partial charge in [-0.2, -0.15) is 5.26 Å². The number of halogens is 1. The molecule has 0 saturated heterocycles. The zero-order chi connectivity index (χ0) is 9.84. The van der Waals surface area contributed by atoms with Gasteiger partial charge in [0, 0.05) is 6.04 Å². The number of hydrogen-bond acceptors (Lipinski definition) is 2. The Hall–Kier alpha value is -1.04. The van der Waals surface area contributed by atoms with Crippen molar-refractivity contribution in [2.45, 2.75) is 13.0 Å². The van der Waals surface area contributed by atoms with Gasteiger partial charge in [0.1, 0.15) is 6.07 Å². The lowest BCUT2D eigenvalue weighted by atomic mass is 10.1. The number of benzene rings is 1. The van der Waals surface area contributed by atoms with Crippen LogP contribution in [0.4, 0.5) is 0 Å². The first-order valence-electron chi connectivity index (χ1n) is 4.06. The third kappa shape index (κ3) is 2.21. The number of rotatable bonds is 2. The fourth-order valence-electron chi connectivity index (χ4n) is 1.06. The summed E-state index contributed by atoms with van der Waals surface area (Å²) < 4.78 is 0. The van der Waals surface area contributed by atoms with E-state index in [9.17, 15) is 0 Å². The molecule has 1 atom stereocenters. The number of nitrogens with one attached hydrogen (secondary N) is 1. The van der Waals surface area contributed by atoms with Gasteiger partial charge in [0.2, 0.25) is 0 Å². The van der Waals surface area contributed by atoms with Gasteiger partial charge < -0.3 is 5.32 Å². The molecule has 0 heterocycles. The van der Waals surface area contributed by atoms with Gasteiger partial charge in [0.15, 0.2) is 0 Å². The van der Waals surface area contributed by atoms with Gasteiger partial charge in [-0.25, -0.2) is 0 Å². The van der Waals surface area contributed by atoms with Gasteiger partial charge in [-0.1, -0.05) is 17.7 Å². The lowest BCUT2D eigenvalue weighted by molar-refractivity contribution is 0.652. The summed E-state index contributed by atoms with van der Waals surface area (Å²) >= 11 is 5.88. The monoisotopic (exact) mass is 194 g/mol. The van der Waals surface area contributed by atoms with Crippen LogP contribution in [0.15, 0.2) is 18.2 Å². The highest BCUT2D eigenvalue weighted by Crippen LogP contribution is 2.20. The van der Waals surface area contributed by atoms with Crippen molar-refractivity contribution in [1.29, 1.82) is 5.26 Å². The average Bonchev–Trinajstić information content (AvgIpc) is 2.16. The zero-order valence-electron chi connectivity index (χ0n) is 7.63. The Morgan fingerprint density at radius 2 is 2.23 bits per heavy atom. The number of hydrogen-bond donors (Lipinski definition) is 1. The molecule has 1 aromatic carbocycles. The molecular weight excluding hydrogens is 184 g/mol. The maximum atomic E-state index is 8.66. The molecule has 0 unspecified atom stereocenters. The molecule has 0 fully saturated rings. The normalized spacial score (nSPS) is 12.2. The molecule has 2 nitrogen and oxygen atoms in total. The van der Waals surface area contributed by atoms with Crippen LogP contribution in [0.5, 0.6) is 0 Å². The summed E-state index contributed by atoms with van der Waals surface area (Å²) in [7, 11) is 1.89. The van der Waals surface area contributed by atoms with Gasteiger partial charge in [-0.3, -0.25) is 0 Å². The van der Waals surface area contributed by atoms with E-state index < -0.39 is 0 Å². The molecule has 0 spiro atoms. The van der Waals surface area contributed by atoms with E-state index in [1.165, 1.54) is 0 Å². The average molecular weight is 195 g/mol. The summed E-state index contributed by atoms with van der Waals surface area (Å²) in [6, 6.07) is 7.75. The first-order chi connectivity index (χ1) is 6.19. The van der Waals surface area contributed by atoms with Gasteiger partial charge >= 0.3 is 0 Å². The minimum Gasteiger partial charge on any atom is -0.313 e. The molecular formula is C10H11ClN2. The first kappa shape index (κ1) is 10.0. The second-order valence-electron chi connectivity index (χ2n) is 2.86. The molecule has 0 saturated carbocycles. The van der Waals surface area contributed by atoms with Crippen LogP contribution in [0.1, 0.15) is 24.1 Å². The van der Waals surface area contributed by atoms with Crippen molar-refractivity contribution in [2.24, 2.45) is 0 Å². The van der Waals surface area contributed by atoms with E-state index in [4.69, 9.17) is 16.9 Å². The standard InChI is InChI=1S/C10H11ClN2/c1-7(13-2)8-3-4-9(6-12)10(11)5-8/h3-5,7,13H,1-2H3/t7-/m1/s1. The van der Waals surface area contributed by atoms with E-state index in [1.54, 1.807) is 6.07 Å². The third-order valence-corrected chi connectivity index (χ3v) is 2.36. The largest absolute Gasteiger partial charge is 0.313 e. The number of nitrogens with zero attached hydrogens (tertiary/aromatic N) is 1. The molecule has 0 aliphatic carbocycles. The van der Waals surface area contributed by atoms with Crippen molar-refractivity contribution in [1.82, 2.24) is 5.32 Å². The molecule has 0 radical (unpaired) electrons. The Morgan fingerprint density at radius 1 is 1.54 bits per heavy atom.